The first-order valence-electron chi connectivity index (χ1n) is 6.42. The quantitative estimate of drug-likeness (QED) is 0.474. The van der Waals surface area contributed by atoms with Crippen molar-refractivity contribution in [1.82, 2.24) is 0 Å². The van der Waals surface area contributed by atoms with Crippen LogP contribution in [0.25, 0.3) is 0 Å². The number of allylic oxidation sites excluding steroid dienone is 2. The van der Waals surface area contributed by atoms with Crippen LogP contribution >= 0.6 is 0 Å². The maximum Gasteiger partial charge on any atom is 0.133 e. The molecule has 86 valence electrons. The number of ketones is 1. The Morgan fingerprint density at radius 2 is 2.27 bits per heavy atom. The van der Waals surface area contributed by atoms with Crippen molar-refractivity contribution in [2.24, 2.45) is 11.8 Å². The van der Waals surface area contributed by atoms with Crippen LogP contribution in [0.4, 0.5) is 0 Å². The molecule has 1 nitrogen and oxygen atoms in total. The molecule has 1 saturated carbocycles. The van der Waals surface area contributed by atoms with Gasteiger partial charge in [0.2, 0.25) is 0 Å². The number of carbonyl (C=O) groups is 1. The van der Waals surface area contributed by atoms with E-state index < -0.39 is 0 Å². The van der Waals surface area contributed by atoms with Gasteiger partial charge in [0.25, 0.3) is 0 Å². The standard InChI is InChI=1S/C14H24O/c1-3-4-5-6-12(2)7-8-13-9-10-14(15)11-13/h7-8,12-13H,3-6,9-11H2,1-2H3/b8-7+. The predicted molar refractivity (Wildman–Crippen MR) is 64.8 cm³/mol. The second-order valence-corrected chi connectivity index (χ2v) is 4.90. The summed E-state index contributed by atoms with van der Waals surface area (Å²) in [4.78, 5) is 11.1. The van der Waals surface area contributed by atoms with Crippen LogP contribution in [-0.2, 0) is 4.79 Å². The van der Waals surface area contributed by atoms with Gasteiger partial charge in [-0.2, -0.15) is 0 Å². The lowest BCUT2D eigenvalue weighted by atomic mass is 9.99. The average molecular weight is 208 g/mol. The highest BCUT2D eigenvalue weighted by molar-refractivity contribution is 5.80. The first-order valence-corrected chi connectivity index (χ1v) is 6.42. The molecule has 1 aliphatic carbocycles. The van der Waals surface area contributed by atoms with Crippen molar-refractivity contribution in [2.75, 3.05) is 0 Å². The Morgan fingerprint density at radius 1 is 1.47 bits per heavy atom. The normalized spacial score (nSPS) is 23.9. The molecule has 1 heteroatoms. The SMILES string of the molecule is CCCCCC(C)/C=C/C1CCC(=O)C1. The summed E-state index contributed by atoms with van der Waals surface area (Å²) in [5.74, 6) is 1.68. The zero-order valence-electron chi connectivity index (χ0n) is 10.2. The first kappa shape index (κ1) is 12.5. The average Bonchev–Trinajstić information content (AvgIpc) is 2.62. The van der Waals surface area contributed by atoms with Crippen molar-refractivity contribution in [2.45, 2.75) is 58.8 Å². The van der Waals surface area contributed by atoms with E-state index in [2.05, 4.69) is 26.0 Å². The lowest BCUT2D eigenvalue weighted by molar-refractivity contribution is -0.117. The summed E-state index contributed by atoms with van der Waals surface area (Å²) in [6.45, 7) is 4.52. The second-order valence-electron chi connectivity index (χ2n) is 4.90. The van der Waals surface area contributed by atoms with Crippen LogP contribution in [0, 0.1) is 11.8 Å². The zero-order chi connectivity index (χ0) is 11.1. The van der Waals surface area contributed by atoms with Gasteiger partial charge in [-0.25, -0.2) is 0 Å². The summed E-state index contributed by atoms with van der Waals surface area (Å²) in [6.07, 6.45) is 12.6. The van der Waals surface area contributed by atoms with E-state index in [9.17, 15) is 4.79 Å². The molecule has 0 saturated heterocycles. The van der Waals surface area contributed by atoms with Crippen molar-refractivity contribution in [3.05, 3.63) is 12.2 Å². The molecule has 0 amide bonds. The molecule has 2 atom stereocenters. The summed E-state index contributed by atoms with van der Waals surface area (Å²) >= 11 is 0. The minimum atomic E-state index is 0.447. The molecule has 0 aromatic heterocycles. The number of rotatable bonds is 6. The molecule has 15 heavy (non-hydrogen) atoms. The summed E-state index contributed by atoms with van der Waals surface area (Å²) in [6, 6.07) is 0. The van der Waals surface area contributed by atoms with Gasteiger partial charge in [-0.15, -0.1) is 0 Å². The Balaban J connectivity index is 2.16. The molecule has 1 fully saturated rings. The van der Waals surface area contributed by atoms with Crippen LogP contribution in [-0.4, -0.2) is 5.78 Å². The topological polar surface area (TPSA) is 17.1 Å². The van der Waals surface area contributed by atoms with Crippen LogP contribution in [0.3, 0.4) is 0 Å². The van der Waals surface area contributed by atoms with Gasteiger partial charge in [-0.05, 0) is 24.7 Å². The molecule has 0 aromatic rings. The monoisotopic (exact) mass is 208 g/mol. The molecular weight excluding hydrogens is 184 g/mol. The first-order chi connectivity index (χ1) is 7.22. The van der Waals surface area contributed by atoms with Crippen molar-refractivity contribution < 1.29 is 4.79 Å². The molecule has 0 aliphatic heterocycles. The number of unbranched alkanes of at least 4 members (excludes halogenated alkanes) is 2. The van der Waals surface area contributed by atoms with Crippen LogP contribution in [0.5, 0.6) is 0 Å². The molecule has 1 rings (SSSR count). The fourth-order valence-corrected chi connectivity index (χ4v) is 2.17. The van der Waals surface area contributed by atoms with Crippen molar-refractivity contribution in [1.29, 1.82) is 0 Å². The number of carbonyl (C=O) groups excluding carboxylic acids is 1. The molecule has 0 aromatic carbocycles. The van der Waals surface area contributed by atoms with Gasteiger partial charge in [0.1, 0.15) is 5.78 Å². The van der Waals surface area contributed by atoms with Crippen LogP contribution in [0.2, 0.25) is 0 Å². The van der Waals surface area contributed by atoms with Crippen LogP contribution in [0.15, 0.2) is 12.2 Å². The Hall–Kier alpha value is -0.590. The van der Waals surface area contributed by atoms with E-state index in [1.807, 2.05) is 0 Å². The second kappa shape index (κ2) is 6.81. The maximum atomic E-state index is 11.1. The van der Waals surface area contributed by atoms with Gasteiger partial charge in [-0.3, -0.25) is 4.79 Å². The maximum absolute atomic E-state index is 11.1. The number of Topliss-reactive ketones (excluding diaryl/α,β-unsaturated/α-hetero) is 1. The van der Waals surface area contributed by atoms with Crippen LogP contribution < -0.4 is 0 Å². The highest BCUT2D eigenvalue weighted by Crippen LogP contribution is 2.24. The highest BCUT2D eigenvalue weighted by Gasteiger charge is 2.19. The molecule has 0 spiro atoms. The minimum Gasteiger partial charge on any atom is -0.300 e. The summed E-state index contributed by atoms with van der Waals surface area (Å²) in [5, 5.41) is 0. The Kier molecular flexibility index (Phi) is 5.67. The molecule has 2 unspecified atom stereocenters. The van der Waals surface area contributed by atoms with Gasteiger partial charge in [-0.1, -0.05) is 45.3 Å². The molecule has 0 heterocycles. The third-order valence-electron chi connectivity index (χ3n) is 3.26. The van der Waals surface area contributed by atoms with Crippen molar-refractivity contribution >= 4 is 5.78 Å². The Morgan fingerprint density at radius 3 is 2.87 bits per heavy atom. The van der Waals surface area contributed by atoms with Gasteiger partial charge < -0.3 is 0 Å². The lowest BCUT2D eigenvalue weighted by Crippen LogP contribution is -1.94. The molecule has 1 aliphatic rings. The highest BCUT2D eigenvalue weighted by atomic mass is 16.1. The van der Waals surface area contributed by atoms with E-state index in [4.69, 9.17) is 0 Å². The van der Waals surface area contributed by atoms with Crippen molar-refractivity contribution in [3.8, 4) is 0 Å². The Bertz CT molecular complexity index is 217. The molecule has 0 radical (unpaired) electrons. The largest absolute Gasteiger partial charge is 0.300 e. The number of hydrogen-bond donors (Lipinski definition) is 0. The van der Waals surface area contributed by atoms with E-state index >= 15 is 0 Å². The van der Waals surface area contributed by atoms with E-state index in [-0.39, 0.29) is 0 Å². The summed E-state index contributed by atoms with van der Waals surface area (Å²) in [7, 11) is 0. The minimum absolute atomic E-state index is 0.447. The van der Waals surface area contributed by atoms with Gasteiger partial charge in [0, 0.05) is 12.8 Å². The molecule has 0 bridgehead atoms. The Labute approximate surface area is 93.9 Å². The van der Waals surface area contributed by atoms with E-state index in [0.717, 1.165) is 19.3 Å². The zero-order valence-corrected chi connectivity index (χ0v) is 10.2. The van der Waals surface area contributed by atoms with E-state index in [1.54, 1.807) is 0 Å². The van der Waals surface area contributed by atoms with Crippen LogP contribution in [0.1, 0.15) is 58.8 Å². The van der Waals surface area contributed by atoms with Gasteiger partial charge in [0.05, 0.1) is 0 Å². The smallest absolute Gasteiger partial charge is 0.133 e. The molecule has 0 N–H and O–H groups in total. The third kappa shape index (κ3) is 5.15. The number of hydrogen-bond acceptors (Lipinski definition) is 1. The fraction of sp³-hybridized carbons (Fsp3) is 0.786. The third-order valence-corrected chi connectivity index (χ3v) is 3.26. The van der Waals surface area contributed by atoms with Crippen molar-refractivity contribution in [3.63, 3.8) is 0 Å². The van der Waals surface area contributed by atoms with E-state index in [0.29, 0.717) is 17.6 Å². The van der Waals surface area contributed by atoms with E-state index in [1.165, 1.54) is 25.7 Å². The lowest BCUT2D eigenvalue weighted by Gasteiger charge is -2.06. The predicted octanol–water partition coefficient (Wildman–Crippen LogP) is 4.13. The molecular formula is C14H24O. The van der Waals surface area contributed by atoms with Gasteiger partial charge >= 0.3 is 0 Å². The summed E-state index contributed by atoms with van der Waals surface area (Å²) in [5.41, 5.74) is 0. The fourth-order valence-electron chi connectivity index (χ4n) is 2.17. The van der Waals surface area contributed by atoms with Gasteiger partial charge in [0.15, 0.2) is 0 Å². The summed E-state index contributed by atoms with van der Waals surface area (Å²) < 4.78 is 0.